The fraction of sp³-hybridized carbons (Fsp3) is 0.500. The molecule has 24 heavy (non-hydrogen) atoms. The highest BCUT2D eigenvalue weighted by Crippen LogP contribution is 2.17. The molecule has 2 heterocycles. The maximum atomic E-state index is 11.3. The molecule has 0 atom stereocenters. The Morgan fingerprint density at radius 3 is 1.58 bits per heavy atom. The Bertz CT molecular complexity index is 708. The SMILES string of the molecule is Cc1cc(=O)[nH]c(SCCCCCCSc2nc(C)cc(=O)[nH]2)n1. The highest BCUT2D eigenvalue weighted by molar-refractivity contribution is 7.99. The summed E-state index contributed by atoms with van der Waals surface area (Å²) in [6.45, 7) is 3.65. The minimum Gasteiger partial charge on any atom is -0.301 e. The largest absolute Gasteiger partial charge is 0.301 e. The normalized spacial score (nSPS) is 10.9. The predicted octanol–water partition coefficient (Wildman–Crippen LogP) is 2.91. The quantitative estimate of drug-likeness (QED) is 0.403. The number of hydrogen-bond donors (Lipinski definition) is 2. The Morgan fingerprint density at radius 1 is 0.792 bits per heavy atom. The van der Waals surface area contributed by atoms with Crippen LogP contribution in [0.4, 0.5) is 0 Å². The lowest BCUT2D eigenvalue weighted by Crippen LogP contribution is -2.08. The zero-order valence-electron chi connectivity index (χ0n) is 13.9. The van der Waals surface area contributed by atoms with Gasteiger partial charge in [-0.3, -0.25) is 9.59 Å². The molecule has 0 spiro atoms. The second-order valence-electron chi connectivity index (χ2n) is 5.49. The van der Waals surface area contributed by atoms with E-state index in [0.717, 1.165) is 48.6 Å². The molecule has 0 fully saturated rings. The first-order valence-electron chi connectivity index (χ1n) is 7.94. The van der Waals surface area contributed by atoms with Crippen molar-refractivity contribution < 1.29 is 0 Å². The highest BCUT2D eigenvalue weighted by atomic mass is 32.2. The van der Waals surface area contributed by atoms with Crippen LogP contribution < -0.4 is 11.1 Å². The molecule has 0 aliphatic heterocycles. The Kier molecular flexibility index (Phi) is 7.58. The average molecular weight is 367 g/mol. The van der Waals surface area contributed by atoms with E-state index in [-0.39, 0.29) is 11.1 Å². The predicted molar refractivity (Wildman–Crippen MR) is 99.1 cm³/mol. The summed E-state index contributed by atoms with van der Waals surface area (Å²) in [4.78, 5) is 36.8. The fourth-order valence-corrected chi connectivity index (χ4v) is 3.98. The van der Waals surface area contributed by atoms with E-state index in [2.05, 4.69) is 19.9 Å². The molecule has 2 aromatic heterocycles. The molecular weight excluding hydrogens is 344 g/mol. The minimum absolute atomic E-state index is 0.0928. The van der Waals surface area contributed by atoms with Crippen LogP contribution in [0.3, 0.4) is 0 Å². The van der Waals surface area contributed by atoms with E-state index < -0.39 is 0 Å². The molecule has 0 bridgehead atoms. The zero-order valence-corrected chi connectivity index (χ0v) is 15.6. The summed E-state index contributed by atoms with van der Waals surface area (Å²) in [5.74, 6) is 1.90. The van der Waals surface area contributed by atoms with Gasteiger partial charge in [0.05, 0.1) is 0 Å². The van der Waals surface area contributed by atoms with Gasteiger partial charge in [-0.25, -0.2) is 9.97 Å². The molecule has 2 aromatic rings. The lowest BCUT2D eigenvalue weighted by Gasteiger charge is -2.03. The molecule has 0 aliphatic carbocycles. The molecule has 6 nitrogen and oxygen atoms in total. The third-order valence-electron chi connectivity index (χ3n) is 3.21. The van der Waals surface area contributed by atoms with Crippen LogP contribution in [0.15, 0.2) is 32.0 Å². The molecule has 0 unspecified atom stereocenters. The third kappa shape index (κ3) is 6.92. The molecule has 0 aromatic carbocycles. The van der Waals surface area contributed by atoms with Gasteiger partial charge >= 0.3 is 0 Å². The van der Waals surface area contributed by atoms with Crippen molar-refractivity contribution in [1.29, 1.82) is 0 Å². The van der Waals surface area contributed by atoms with E-state index in [9.17, 15) is 9.59 Å². The van der Waals surface area contributed by atoms with Gasteiger partial charge in [-0.15, -0.1) is 0 Å². The van der Waals surface area contributed by atoms with Crippen molar-refractivity contribution in [2.75, 3.05) is 11.5 Å². The van der Waals surface area contributed by atoms with Crippen LogP contribution >= 0.6 is 23.5 Å². The summed E-state index contributed by atoms with van der Waals surface area (Å²) in [6, 6.07) is 3.00. The number of nitrogens with zero attached hydrogens (tertiary/aromatic N) is 2. The van der Waals surface area contributed by atoms with Crippen LogP contribution in [0.1, 0.15) is 37.1 Å². The van der Waals surface area contributed by atoms with Crippen molar-refractivity contribution in [3.05, 3.63) is 44.2 Å². The first-order valence-corrected chi connectivity index (χ1v) is 9.91. The van der Waals surface area contributed by atoms with Crippen LogP contribution in [0.5, 0.6) is 0 Å². The van der Waals surface area contributed by atoms with Gasteiger partial charge in [0.15, 0.2) is 10.3 Å². The Labute approximate surface area is 149 Å². The highest BCUT2D eigenvalue weighted by Gasteiger charge is 2.01. The molecular formula is C16H22N4O2S2. The molecule has 0 saturated carbocycles. The van der Waals surface area contributed by atoms with Crippen molar-refractivity contribution in [2.45, 2.75) is 49.8 Å². The van der Waals surface area contributed by atoms with Gasteiger partial charge in [-0.05, 0) is 26.7 Å². The van der Waals surface area contributed by atoms with Crippen molar-refractivity contribution in [3.63, 3.8) is 0 Å². The number of unbranched alkanes of at least 4 members (excludes halogenated alkanes) is 3. The smallest absolute Gasteiger partial charge is 0.251 e. The number of hydrogen-bond acceptors (Lipinski definition) is 6. The summed E-state index contributed by atoms with van der Waals surface area (Å²) in [5.41, 5.74) is 1.32. The molecule has 0 aliphatic rings. The molecule has 8 heteroatoms. The Balaban J connectivity index is 1.57. The summed E-state index contributed by atoms with van der Waals surface area (Å²) in [7, 11) is 0. The van der Waals surface area contributed by atoms with Gasteiger partial charge in [0.1, 0.15) is 0 Å². The fourth-order valence-electron chi connectivity index (χ4n) is 2.14. The Hall–Kier alpha value is -1.54. The summed E-state index contributed by atoms with van der Waals surface area (Å²) < 4.78 is 0. The van der Waals surface area contributed by atoms with E-state index in [4.69, 9.17) is 0 Å². The van der Waals surface area contributed by atoms with Gasteiger partial charge in [-0.2, -0.15) is 0 Å². The topological polar surface area (TPSA) is 91.5 Å². The van der Waals surface area contributed by atoms with Gasteiger partial charge in [-0.1, -0.05) is 36.4 Å². The van der Waals surface area contributed by atoms with Crippen LogP contribution in [0.25, 0.3) is 0 Å². The van der Waals surface area contributed by atoms with E-state index in [1.165, 1.54) is 12.1 Å². The van der Waals surface area contributed by atoms with Crippen molar-refractivity contribution in [2.24, 2.45) is 0 Å². The monoisotopic (exact) mass is 366 g/mol. The van der Waals surface area contributed by atoms with Crippen LogP contribution in [-0.4, -0.2) is 31.4 Å². The lowest BCUT2D eigenvalue weighted by molar-refractivity contribution is 0.709. The second kappa shape index (κ2) is 9.68. The van der Waals surface area contributed by atoms with Gasteiger partial charge < -0.3 is 9.97 Å². The van der Waals surface area contributed by atoms with Gasteiger partial charge in [0, 0.05) is 35.0 Å². The number of aryl methyl sites for hydroxylation is 2. The van der Waals surface area contributed by atoms with E-state index in [0.29, 0.717) is 10.3 Å². The Morgan fingerprint density at radius 2 is 1.21 bits per heavy atom. The van der Waals surface area contributed by atoms with Crippen molar-refractivity contribution in [1.82, 2.24) is 19.9 Å². The van der Waals surface area contributed by atoms with Crippen LogP contribution in [0, 0.1) is 13.8 Å². The van der Waals surface area contributed by atoms with E-state index >= 15 is 0 Å². The molecule has 0 radical (unpaired) electrons. The molecule has 2 N–H and O–H groups in total. The minimum atomic E-state index is -0.0928. The standard InChI is InChI=1S/C16H22N4O2S2/c1-11-9-13(21)19-15(17-11)23-7-5-3-4-6-8-24-16-18-12(2)10-14(22)20-16/h9-10H,3-8H2,1-2H3,(H,17,19,21)(H,18,20,22). The van der Waals surface area contributed by atoms with Crippen molar-refractivity contribution in [3.8, 4) is 0 Å². The van der Waals surface area contributed by atoms with Gasteiger partial charge in [0.25, 0.3) is 11.1 Å². The second-order valence-corrected chi connectivity index (χ2v) is 7.66. The third-order valence-corrected chi connectivity index (χ3v) is 5.13. The van der Waals surface area contributed by atoms with E-state index in [1.54, 1.807) is 23.5 Å². The van der Waals surface area contributed by atoms with E-state index in [1.807, 2.05) is 13.8 Å². The number of nitrogens with one attached hydrogen (secondary N) is 2. The molecule has 0 saturated heterocycles. The maximum absolute atomic E-state index is 11.3. The summed E-state index contributed by atoms with van der Waals surface area (Å²) in [6.07, 6.45) is 4.46. The number of H-pyrrole nitrogens is 2. The zero-order chi connectivity index (χ0) is 17.4. The average Bonchev–Trinajstić information content (AvgIpc) is 2.48. The number of thioether (sulfide) groups is 2. The van der Waals surface area contributed by atoms with Crippen LogP contribution in [0.2, 0.25) is 0 Å². The van der Waals surface area contributed by atoms with Crippen LogP contribution in [-0.2, 0) is 0 Å². The number of rotatable bonds is 9. The van der Waals surface area contributed by atoms with Crippen molar-refractivity contribution >= 4 is 23.5 Å². The molecule has 130 valence electrons. The number of aromatic nitrogens is 4. The maximum Gasteiger partial charge on any atom is 0.251 e. The first kappa shape index (κ1) is 18.8. The molecule has 0 amide bonds. The first-order chi connectivity index (χ1) is 11.5. The molecule has 2 rings (SSSR count). The summed E-state index contributed by atoms with van der Waals surface area (Å²) in [5, 5.41) is 1.40. The summed E-state index contributed by atoms with van der Waals surface area (Å²) >= 11 is 3.18. The van der Waals surface area contributed by atoms with Gasteiger partial charge in [0.2, 0.25) is 0 Å². The number of aromatic amines is 2. The lowest BCUT2D eigenvalue weighted by atomic mass is 10.2.